The predicted molar refractivity (Wildman–Crippen MR) is 104 cm³/mol. The van der Waals surface area contributed by atoms with Crippen molar-refractivity contribution in [2.24, 2.45) is 11.7 Å². The molecular formula is C21H29F2N3O3. The molecule has 1 aliphatic heterocycles. The fourth-order valence-electron chi connectivity index (χ4n) is 4.07. The zero-order chi connectivity index (χ0) is 20.9. The number of likely N-dealkylation sites (tertiary alicyclic amines) is 1. The number of ether oxygens (including phenoxy) is 1. The van der Waals surface area contributed by atoms with E-state index in [4.69, 9.17) is 10.5 Å². The van der Waals surface area contributed by atoms with Gasteiger partial charge in [0.15, 0.2) is 0 Å². The number of hydrogen-bond donors (Lipinski definition) is 2. The Morgan fingerprint density at radius 2 is 1.90 bits per heavy atom. The van der Waals surface area contributed by atoms with E-state index in [1.807, 2.05) is 30.3 Å². The van der Waals surface area contributed by atoms with Gasteiger partial charge >= 0.3 is 6.09 Å². The summed E-state index contributed by atoms with van der Waals surface area (Å²) < 4.78 is 32.1. The van der Waals surface area contributed by atoms with E-state index in [9.17, 15) is 18.4 Å². The first-order valence-electron chi connectivity index (χ1n) is 10.2. The molecule has 160 valence electrons. The predicted octanol–water partition coefficient (Wildman–Crippen LogP) is 3.06. The number of alkyl carbamates (subject to hydrolysis) is 1. The van der Waals surface area contributed by atoms with Crippen molar-refractivity contribution in [3.63, 3.8) is 0 Å². The van der Waals surface area contributed by atoms with Crippen LogP contribution in [-0.2, 0) is 16.1 Å². The molecule has 1 saturated heterocycles. The van der Waals surface area contributed by atoms with Gasteiger partial charge in [-0.1, -0.05) is 30.3 Å². The maximum Gasteiger partial charge on any atom is 0.407 e. The number of rotatable bonds is 6. The van der Waals surface area contributed by atoms with Crippen molar-refractivity contribution in [1.29, 1.82) is 0 Å². The molecule has 0 unspecified atom stereocenters. The summed E-state index contributed by atoms with van der Waals surface area (Å²) in [6.45, 7) is -0.0437. The minimum absolute atomic E-state index is 0.0677. The Hall–Kier alpha value is -2.22. The molecule has 0 bridgehead atoms. The van der Waals surface area contributed by atoms with Gasteiger partial charge in [-0.15, -0.1) is 0 Å². The molecule has 1 aliphatic carbocycles. The van der Waals surface area contributed by atoms with Gasteiger partial charge in [0.1, 0.15) is 6.10 Å². The Balaban J connectivity index is 1.34. The summed E-state index contributed by atoms with van der Waals surface area (Å²) in [5.74, 6) is -2.95. The summed E-state index contributed by atoms with van der Waals surface area (Å²) in [5, 5.41) is 2.75. The lowest BCUT2D eigenvalue weighted by Crippen LogP contribution is -2.44. The Morgan fingerprint density at radius 3 is 2.52 bits per heavy atom. The lowest BCUT2D eigenvalue weighted by molar-refractivity contribution is -0.133. The monoisotopic (exact) mass is 409 g/mol. The fraction of sp³-hybridized carbons (Fsp3) is 0.619. The Kier molecular flexibility index (Phi) is 7.05. The van der Waals surface area contributed by atoms with Crippen molar-refractivity contribution in [3.05, 3.63) is 35.9 Å². The third-order valence-corrected chi connectivity index (χ3v) is 5.73. The molecule has 1 saturated carbocycles. The zero-order valence-corrected chi connectivity index (χ0v) is 16.5. The van der Waals surface area contributed by atoms with Crippen molar-refractivity contribution in [2.75, 3.05) is 13.1 Å². The standard InChI is InChI=1S/C21H29F2N3O3/c22-21(23)10-11-26(14-21)19(27)18(24)12-15-6-8-17(9-7-15)29-20(28)25-13-16-4-2-1-3-5-16/h1-5,15,17-18H,6-14,24H2,(H,25,28)/t15?,17?,18-/m0/s1. The van der Waals surface area contributed by atoms with E-state index in [0.29, 0.717) is 25.8 Å². The summed E-state index contributed by atoms with van der Waals surface area (Å²) in [4.78, 5) is 25.4. The molecule has 2 fully saturated rings. The largest absolute Gasteiger partial charge is 0.446 e. The molecule has 0 aromatic heterocycles. The second-order valence-electron chi connectivity index (χ2n) is 8.10. The van der Waals surface area contributed by atoms with Crippen molar-refractivity contribution in [1.82, 2.24) is 10.2 Å². The van der Waals surface area contributed by atoms with Gasteiger partial charge in [0, 0.05) is 19.5 Å². The number of benzene rings is 1. The van der Waals surface area contributed by atoms with Crippen LogP contribution in [0.3, 0.4) is 0 Å². The molecule has 3 rings (SSSR count). The van der Waals surface area contributed by atoms with Crippen molar-refractivity contribution >= 4 is 12.0 Å². The average molecular weight is 409 g/mol. The Morgan fingerprint density at radius 1 is 1.21 bits per heavy atom. The highest BCUT2D eigenvalue weighted by molar-refractivity contribution is 5.82. The van der Waals surface area contributed by atoms with Crippen LogP contribution in [0.15, 0.2) is 30.3 Å². The number of alkyl halides is 2. The Labute approximate surface area is 169 Å². The second kappa shape index (κ2) is 9.52. The molecule has 0 spiro atoms. The minimum Gasteiger partial charge on any atom is -0.446 e. The maximum atomic E-state index is 13.3. The first-order valence-corrected chi connectivity index (χ1v) is 10.2. The molecule has 1 aromatic rings. The van der Waals surface area contributed by atoms with Crippen LogP contribution >= 0.6 is 0 Å². The van der Waals surface area contributed by atoms with Crippen LogP contribution in [0.1, 0.15) is 44.1 Å². The fourth-order valence-corrected chi connectivity index (χ4v) is 4.07. The number of halogens is 2. The van der Waals surface area contributed by atoms with E-state index in [0.717, 1.165) is 18.4 Å². The molecule has 2 aliphatic rings. The number of nitrogens with two attached hydrogens (primary N) is 1. The molecule has 0 radical (unpaired) electrons. The smallest absolute Gasteiger partial charge is 0.407 e. The summed E-state index contributed by atoms with van der Waals surface area (Å²) >= 11 is 0. The van der Waals surface area contributed by atoms with Gasteiger partial charge in [-0.3, -0.25) is 4.79 Å². The Bertz CT molecular complexity index is 694. The highest BCUT2D eigenvalue weighted by Gasteiger charge is 2.41. The zero-order valence-electron chi connectivity index (χ0n) is 16.5. The number of nitrogens with one attached hydrogen (secondary N) is 1. The molecule has 1 aromatic carbocycles. The molecule has 29 heavy (non-hydrogen) atoms. The van der Waals surface area contributed by atoms with Gasteiger partial charge in [0.05, 0.1) is 12.6 Å². The van der Waals surface area contributed by atoms with E-state index in [2.05, 4.69) is 5.32 Å². The molecule has 1 heterocycles. The van der Waals surface area contributed by atoms with Gasteiger partial charge in [0.25, 0.3) is 5.92 Å². The van der Waals surface area contributed by atoms with Crippen molar-refractivity contribution in [2.45, 2.75) is 63.1 Å². The SMILES string of the molecule is N[C@@H](CC1CCC(OC(=O)NCc2ccccc2)CC1)C(=O)N1CCC(F)(F)C1. The maximum absolute atomic E-state index is 13.3. The molecule has 6 nitrogen and oxygen atoms in total. The summed E-state index contributed by atoms with van der Waals surface area (Å²) in [6.07, 6.45) is 2.64. The first kappa shape index (κ1) is 21.5. The van der Waals surface area contributed by atoms with E-state index < -0.39 is 24.6 Å². The van der Waals surface area contributed by atoms with Crippen LogP contribution in [0.2, 0.25) is 0 Å². The number of carbonyl (C=O) groups is 2. The van der Waals surface area contributed by atoms with Gasteiger partial charge in [-0.05, 0) is 43.6 Å². The quantitative estimate of drug-likeness (QED) is 0.756. The molecule has 1 atom stereocenters. The highest BCUT2D eigenvalue weighted by atomic mass is 19.3. The number of hydrogen-bond acceptors (Lipinski definition) is 4. The van der Waals surface area contributed by atoms with Gasteiger partial charge in [-0.2, -0.15) is 0 Å². The van der Waals surface area contributed by atoms with Crippen LogP contribution in [-0.4, -0.2) is 48.1 Å². The van der Waals surface area contributed by atoms with Crippen molar-refractivity contribution < 1.29 is 23.1 Å². The van der Waals surface area contributed by atoms with Crippen LogP contribution in [0.4, 0.5) is 13.6 Å². The van der Waals surface area contributed by atoms with E-state index in [1.54, 1.807) is 0 Å². The number of amides is 2. The van der Waals surface area contributed by atoms with E-state index >= 15 is 0 Å². The third-order valence-electron chi connectivity index (χ3n) is 5.73. The topological polar surface area (TPSA) is 84.7 Å². The highest BCUT2D eigenvalue weighted by Crippen LogP contribution is 2.31. The third kappa shape index (κ3) is 6.39. The van der Waals surface area contributed by atoms with E-state index in [-0.39, 0.29) is 30.9 Å². The summed E-state index contributed by atoms with van der Waals surface area (Å²) in [7, 11) is 0. The normalized spacial score (nSPS) is 24.7. The van der Waals surface area contributed by atoms with Crippen LogP contribution < -0.4 is 11.1 Å². The molecule has 3 N–H and O–H groups in total. The molecule has 8 heteroatoms. The number of nitrogens with zero attached hydrogens (tertiary/aromatic N) is 1. The molecule has 2 amide bonds. The van der Waals surface area contributed by atoms with Crippen LogP contribution in [0, 0.1) is 5.92 Å². The van der Waals surface area contributed by atoms with Crippen molar-refractivity contribution in [3.8, 4) is 0 Å². The second-order valence-corrected chi connectivity index (χ2v) is 8.10. The summed E-state index contributed by atoms with van der Waals surface area (Å²) in [6, 6.07) is 8.85. The van der Waals surface area contributed by atoms with Gasteiger partial charge in [-0.25, -0.2) is 13.6 Å². The number of carbonyl (C=O) groups excluding carboxylic acids is 2. The molecular weight excluding hydrogens is 380 g/mol. The lowest BCUT2D eigenvalue weighted by atomic mass is 9.83. The van der Waals surface area contributed by atoms with Gasteiger partial charge < -0.3 is 20.7 Å². The van der Waals surface area contributed by atoms with Crippen LogP contribution in [0.25, 0.3) is 0 Å². The average Bonchev–Trinajstić information content (AvgIpc) is 3.08. The lowest BCUT2D eigenvalue weighted by Gasteiger charge is -2.30. The first-order chi connectivity index (χ1) is 13.8. The minimum atomic E-state index is -2.80. The van der Waals surface area contributed by atoms with Crippen LogP contribution in [0.5, 0.6) is 0 Å². The summed E-state index contributed by atoms with van der Waals surface area (Å²) in [5.41, 5.74) is 7.00. The van der Waals surface area contributed by atoms with E-state index in [1.165, 1.54) is 4.90 Å². The van der Waals surface area contributed by atoms with Gasteiger partial charge in [0.2, 0.25) is 5.91 Å².